The predicted octanol–water partition coefficient (Wildman–Crippen LogP) is 2.90. The second kappa shape index (κ2) is 7.87. The van der Waals surface area contributed by atoms with Gasteiger partial charge in [-0.15, -0.1) is 0 Å². The number of hydrogen-bond donors (Lipinski definition) is 1. The number of nitrogens with zero attached hydrogens (tertiary/aromatic N) is 3. The predicted molar refractivity (Wildman–Crippen MR) is 108 cm³/mol. The lowest BCUT2D eigenvalue weighted by Crippen LogP contribution is -2.34. The fourth-order valence-electron chi connectivity index (χ4n) is 3.42. The maximum absolute atomic E-state index is 12.5. The highest BCUT2D eigenvalue weighted by Crippen LogP contribution is 2.33. The molecule has 0 saturated carbocycles. The zero-order chi connectivity index (χ0) is 20.4. The molecule has 0 bridgehead atoms. The van der Waals surface area contributed by atoms with Gasteiger partial charge in [-0.1, -0.05) is 0 Å². The van der Waals surface area contributed by atoms with Crippen molar-refractivity contribution in [2.24, 2.45) is 0 Å². The molecular formula is C22H22N4O3. The first kappa shape index (κ1) is 18.9. The van der Waals surface area contributed by atoms with E-state index in [-0.39, 0.29) is 12.0 Å². The van der Waals surface area contributed by atoms with E-state index < -0.39 is 0 Å². The van der Waals surface area contributed by atoms with Crippen molar-refractivity contribution >= 4 is 5.91 Å². The third-order valence-electron chi connectivity index (χ3n) is 4.85. The standard InChI is InChI=1S/C22H22N4O3/c1-13-11-24-14(2)20(26-13)15-6-7-19-16(9-15)10-17(29-19)12-25-21(27)18-5-4-8-23-22(18)28-3/h4-9,11,17H,10,12H2,1-3H3,(H,25,27). The number of ether oxygens (including phenoxy) is 2. The van der Waals surface area contributed by atoms with Gasteiger partial charge in [-0.3, -0.25) is 9.78 Å². The van der Waals surface area contributed by atoms with E-state index in [2.05, 4.69) is 26.3 Å². The van der Waals surface area contributed by atoms with Crippen molar-refractivity contribution < 1.29 is 14.3 Å². The van der Waals surface area contributed by atoms with Crippen LogP contribution in [0.4, 0.5) is 0 Å². The van der Waals surface area contributed by atoms with Crippen LogP contribution in [0.15, 0.2) is 42.7 Å². The van der Waals surface area contributed by atoms with Crippen molar-refractivity contribution in [2.75, 3.05) is 13.7 Å². The molecule has 1 aliphatic heterocycles. The number of rotatable bonds is 5. The molecule has 1 aromatic carbocycles. The number of carbonyl (C=O) groups is 1. The highest BCUT2D eigenvalue weighted by atomic mass is 16.5. The molecule has 148 valence electrons. The molecule has 3 aromatic rings. The van der Waals surface area contributed by atoms with E-state index in [1.807, 2.05) is 26.0 Å². The fraction of sp³-hybridized carbons (Fsp3) is 0.273. The molecule has 7 heteroatoms. The Bertz CT molecular complexity index is 1070. The Kier molecular flexibility index (Phi) is 5.12. The van der Waals surface area contributed by atoms with Gasteiger partial charge in [0, 0.05) is 24.4 Å². The largest absolute Gasteiger partial charge is 0.488 e. The van der Waals surface area contributed by atoms with Crippen LogP contribution in [-0.4, -0.2) is 40.6 Å². The number of amides is 1. The number of pyridine rings is 1. The summed E-state index contributed by atoms with van der Waals surface area (Å²) >= 11 is 0. The molecule has 0 spiro atoms. The summed E-state index contributed by atoms with van der Waals surface area (Å²) in [6.07, 6.45) is 3.94. The lowest BCUT2D eigenvalue weighted by Gasteiger charge is -2.12. The number of nitrogens with one attached hydrogen (secondary N) is 1. The SMILES string of the molecule is COc1ncccc1C(=O)NCC1Cc2cc(-c3nc(C)cnc3C)ccc2O1. The van der Waals surface area contributed by atoms with Crippen molar-refractivity contribution in [3.8, 4) is 22.9 Å². The number of hydrogen-bond acceptors (Lipinski definition) is 6. The molecule has 4 rings (SSSR count). The number of aryl methyl sites for hydroxylation is 2. The van der Waals surface area contributed by atoms with Crippen LogP contribution in [0, 0.1) is 13.8 Å². The third kappa shape index (κ3) is 3.89. The molecule has 1 N–H and O–H groups in total. The first-order valence-electron chi connectivity index (χ1n) is 9.42. The molecule has 1 aliphatic rings. The van der Waals surface area contributed by atoms with Crippen molar-refractivity contribution in [1.29, 1.82) is 0 Å². The second-order valence-corrected chi connectivity index (χ2v) is 6.98. The van der Waals surface area contributed by atoms with Crippen molar-refractivity contribution in [2.45, 2.75) is 26.4 Å². The number of fused-ring (bicyclic) bond motifs is 1. The van der Waals surface area contributed by atoms with E-state index in [0.29, 0.717) is 24.4 Å². The Morgan fingerprint density at radius 2 is 2.14 bits per heavy atom. The zero-order valence-corrected chi connectivity index (χ0v) is 16.6. The molecule has 3 heterocycles. The second-order valence-electron chi connectivity index (χ2n) is 6.98. The van der Waals surface area contributed by atoms with Gasteiger partial charge in [-0.2, -0.15) is 0 Å². The van der Waals surface area contributed by atoms with E-state index in [9.17, 15) is 4.79 Å². The number of carbonyl (C=O) groups excluding carboxylic acids is 1. The van der Waals surface area contributed by atoms with Gasteiger partial charge in [-0.05, 0) is 49.7 Å². The van der Waals surface area contributed by atoms with Crippen molar-refractivity contribution in [3.63, 3.8) is 0 Å². The molecule has 0 fully saturated rings. The Morgan fingerprint density at radius 1 is 1.28 bits per heavy atom. The van der Waals surface area contributed by atoms with E-state index in [4.69, 9.17) is 9.47 Å². The monoisotopic (exact) mass is 390 g/mol. The summed E-state index contributed by atoms with van der Waals surface area (Å²) in [5, 5.41) is 2.91. The quantitative estimate of drug-likeness (QED) is 0.721. The van der Waals surface area contributed by atoms with E-state index in [1.165, 1.54) is 7.11 Å². The molecule has 1 atom stereocenters. The van der Waals surface area contributed by atoms with Gasteiger partial charge in [0.1, 0.15) is 17.4 Å². The highest BCUT2D eigenvalue weighted by molar-refractivity contribution is 5.96. The molecule has 2 aromatic heterocycles. The van der Waals surface area contributed by atoms with Gasteiger partial charge in [-0.25, -0.2) is 9.97 Å². The Morgan fingerprint density at radius 3 is 2.97 bits per heavy atom. The summed E-state index contributed by atoms with van der Waals surface area (Å²) in [4.78, 5) is 25.5. The molecule has 1 amide bonds. The maximum atomic E-state index is 12.5. The molecule has 0 aliphatic carbocycles. The third-order valence-corrected chi connectivity index (χ3v) is 4.85. The van der Waals surface area contributed by atoms with Crippen LogP contribution < -0.4 is 14.8 Å². The highest BCUT2D eigenvalue weighted by Gasteiger charge is 2.25. The Hall–Kier alpha value is -3.48. The summed E-state index contributed by atoms with van der Waals surface area (Å²) in [6, 6.07) is 9.44. The average molecular weight is 390 g/mol. The molecule has 29 heavy (non-hydrogen) atoms. The van der Waals surface area contributed by atoms with E-state index >= 15 is 0 Å². The lowest BCUT2D eigenvalue weighted by molar-refractivity contribution is 0.0929. The number of methoxy groups -OCH3 is 1. The minimum atomic E-state index is -0.235. The molecule has 7 nitrogen and oxygen atoms in total. The van der Waals surface area contributed by atoms with Crippen LogP contribution in [-0.2, 0) is 6.42 Å². The van der Waals surface area contributed by atoms with Gasteiger partial charge in [0.25, 0.3) is 5.91 Å². The van der Waals surface area contributed by atoms with Crippen LogP contribution in [0.1, 0.15) is 27.3 Å². The Labute approximate surface area is 169 Å². The first-order valence-corrected chi connectivity index (χ1v) is 9.42. The Balaban J connectivity index is 1.44. The minimum absolute atomic E-state index is 0.128. The van der Waals surface area contributed by atoms with Gasteiger partial charge < -0.3 is 14.8 Å². The zero-order valence-electron chi connectivity index (χ0n) is 16.6. The minimum Gasteiger partial charge on any atom is -0.488 e. The number of benzene rings is 1. The van der Waals surface area contributed by atoms with Crippen LogP contribution in [0.2, 0.25) is 0 Å². The van der Waals surface area contributed by atoms with E-state index in [1.54, 1.807) is 24.5 Å². The maximum Gasteiger partial charge on any atom is 0.256 e. The molecule has 0 radical (unpaired) electrons. The molecular weight excluding hydrogens is 368 g/mol. The van der Waals surface area contributed by atoms with Gasteiger partial charge in [0.15, 0.2) is 0 Å². The van der Waals surface area contributed by atoms with Gasteiger partial charge in [0.2, 0.25) is 5.88 Å². The number of aromatic nitrogens is 3. The summed E-state index contributed by atoms with van der Waals surface area (Å²) in [7, 11) is 1.49. The smallest absolute Gasteiger partial charge is 0.256 e. The van der Waals surface area contributed by atoms with Crippen molar-refractivity contribution in [1.82, 2.24) is 20.3 Å². The van der Waals surface area contributed by atoms with Gasteiger partial charge >= 0.3 is 0 Å². The summed E-state index contributed by atoms with van der Waals surface area (Å²) < 4.78 is 11.1. The average Bonchev–Trinajstić information content (AvgIpc) is 3.15. The fourth-order valence-corrected chi connectivity index (χ4v) is 3.42. The topological polar surface area (TPSA) is 86.2 Å². The summed E-state index contributed by atoms with van der Waals surface area (Å²) in [5.74, 6) is 0.908. The van der Waals surface area contributed by atoms with E-state index in [0.717, 1.165) is 34.0 Å². The molecule has 1 unspecified atom stereocenters. The van der Waals surface area contributed by atoms with Crippen LogP contribution in [0.25, 0.3) is 11.3 Å². The van der Waals surface area contributed by atoms with Crippen LogP contribution in [0.5, 0.6) is 11.6 Å². The molecule has 0 saturated heterocycles. The summed E-state index contributed by atoms with van der Waals surface area (Å²) in [6.45, 7) is 4.28. The van der Waals surface area contributed by atoms with Gasteiger partial charge in [0.05, 0.1) is 30.7 Å². The van der Waals surface area contributed by atoms with Crippen LogP contribution >= 0.6 is 0 Å². The van der Waals surface area contributed by atoms with Crippen LogP contribution in [0.3, 0.4) is 0 Å². The summed E-state index contributed by atoms with van der Waals surface area (Å²) in [5.41, 5.74) is 5.18. The van der Waals surface area contributed by atoms with Crippen molar-refractivity contribution in [3.05, 3.63) is 65.2 Å². The first-order chi connectivity index (χ1) is 14.0. The lowest BCUT2D eigenvalue weighted by atomic mass is 10.0. The normalized spacial score (nSPS) is 14.8.